The number of fused-ring (bicyclic) bond motifs is 9. The van der Waals surface area contributed by atoms with Crippen molar-refractivity contribution in [3.05, 3.63) is 41.7 Å². The van der Waals surface area contributed by atoms with E-state index in [-0.39, 0.29) is 10.9 Å². The van der Waals surface area contributed by atoms with Crippen molar-refractivity contribution in [2.75, 3.05) is 0 Å². The van der Waals surface area contributed by atoms with E-state index < -0.39 is 5.60 Å². The number of hydrogen-bond acceptors (Lipinski definition) is 3. The lowest BCUT2D eigenvalue weighted by Crippen LogP contribution is -2.56. The summed E-state index contributed by atoms with van der Waals surface area (Å²) in [5.41, 5.74) is 4.08. The molecule has 5 heteroatoms. The van der Waals surface area contributed by atoms with Crippen molar-refractivity contribution in [3.8, 4) is 12.3 Å². The van der Waals surface area contributed by atoms with E-state index in [1.54, 1.807) is 0 Å². The van der Waals surface area contributed by atoms with Crippen LogP contribution in [0.4, 0.5) is 0 Å². The molecule has 0 aliphatic heterocycles. The number of nitrogens with zero attached hydrogens (tertiary/aromatic N) is 3. The molecule has 0 spiro atoms. The minimum absolute atomic E-state index is 0. The number of hydrogen-bond donors (Lipinski definition) is 1. The summed E-state index contributed by atoms with van der Waals surface area (Å²) in [4.78, 5) is 9.86. The van der Waals surface area contributed by atoms with Crippen molar-refractivity contribution < 1.29 is 10.6 Å². The van der Waals surface area contributed by atoms with Gasteiger partial charge in [0.05, 0.1) is 11.0 Å². The third-order valence-corrected chi connectivity index (χ3v) is 10.9. The van der Waals surface area contributed by atoms with E-state index in [9.17, 15) is 5.11 Å². The summed E-state index contributed by atoms with van der Waals surface area (Å²) in [5.74, 6) is 6.28. The van der Waals surface area contributed by atoms with E-state index >= 15 is 0 Å². The number of aromatic nitrogens is 3. The maximum Gasteiger partial charge on any atom is 0.235 e. The number of para-hydroxylation sites is 2. The van der Waals surface area contributed by atoms with Crippen LogP contribution in [0.2, 0.25) is 0 Å². The molecule has 4 aliphatic carbocycles. The Hall–Kier alpha value is -2.42. The predicted molar refractivity (Wildman–Crippen MR) is 133 cm³/mol. The van der Waals surface area contributed by atoms with Gasteiger partial charge in [0.25, 0.3) is 0 Å². The average Bonchev–Trinajstić information content (AvgIpc) is 3.30. The molecule has 0 bridgehead atoms. The van der Waals surface area contributed by atoms with Gasteiger partial charge in [-0.15, -0.1) is 6.42 Å². The predicted octanol–water partition coefficient (Wildman–Crippen LogP) is 4.38. The highest BCUT2D eigenvalue weighted by Gasteiger charge is 2.64. The summed E-state index contributed by atoms with van der Waals surface area (Å²) in [6, 6.07) is 8.34. The van der Waals surface area contributed by atoms with E-state index in [0.717, 1.165) is 48.9 Å². The quantitative estimate of drug-likeness (QED) is 0.509. The Balaban J connectivity index is 0.00000217. The number of rotatable bonds is 0. The zero-order valence-electron chi connectivity index (χ0n) is 20.2. The smallest absolute Gasteiger partial charge is 0.235 e. The molecule has 34 heavy (non-hydrogen) atoms. The van der Waals surface area contributed by atoms with Gasteiger partial charge in [0.1, 0.15) is 5.60 Å². The third-order valence-electron chi connectivity index (χ3n) is 10.9. The van der Waals surface area contributed by atoms with Crippen LogP contribution in [0.15, 0.2) is 30.5 Å². The first-order chi connectivity index (χ1) is 15.9. The lowest BCUT2D eigenvalue weighted by atomic mass is 9.44. The zero-order chi connectivity index (χ0) is 22.6. The van der Waals surface area contributed by atoms with Crippen LogP contribution < -0.4 is 0 Å². The molecule has 7 atom stereocenters. The van der Waals surface area contributed by atoms with Gasteiger partial charge in [-0.1, -0.05) is 31.9 Å². The molecule has 4 aliphatic rings. The molecule has 0 amide bonds. The van der Waals surface area contributed by atoms with Crippen LogP contribution in [0.3, 0.4) is 0 Å². The number of imidazole rings is 1. The fourth-order valence-corrected chi connectivity index (χ4v) is 9.03. The number of terminal acetylenes is 1. The minimum Gasteiger partial charge on any atom is -0.412 e. The van der Waals surface area contributed by atoms with Gasteiger partial charge >= 0.3 is 0 Å². The van der Waals surface area contributed by atoms with Gasteiger partial charge in [0, 0.05) is 17.3 Å². The summed E-state index contributed by atoms with van der Waals surface area (Å²) in [6.07, 6.45) is 17.0. The molecule has 0 unspecified atom stereocenters. The van der Waals surface area contributed by atoms with E-state index in [1.165, 1.54) is 30.5 Å². The van der Waals surface area contributed by atoms with E-state index in [4.69, 9.17) is 16.4 Å². The molecule has 0 saturated heterocycles. The number of aliphatic hydroxyl groups is 1. The first-order valence-electron chi connectivity index (χ1n) is 12.8. The van der Waals surface area contributed by atoms with Crippen LogP contribution in [-0.2, 0) is 12.8 Å². The molecular formula is C29H35N3O2. The highest BCUT2D eigenvalue weighted by atomic mass is 16.3. The van der Waals surface area contributed by atoms with Gasteiger partial charge in [0.15, 0.2) is 0 Å². The fraction of sp³-hybridized carbons (Fsp3) is 0.586. The molecular weight excluding hydrogens is 422 g/mol. The summed E-state index contributed by atoms with van der Waals surface area (Å²) in [5, 5.41) is 11.3. The second-order valence-corrected chi connectivity index (χ2v) is 12.0. The van der Waals surface area contributed by atoms with Gasteiger partial charge in [-0.3, -0.25) is 4.40 Å². The molecule has 5 nitrogen and oxygen atoms in total. The Morgan fingerprint density at radius 2 is 1.85 bits per heavy atom. The second-order valence-electron chi connectivity index (χ2n) is 12.0. The van der Waals surface area contributed by atoms with Crippen molar-refractivity contribution in [3.63, 3.8) is 0 Å². The molecule has 0 radical (unpaired) electrons. The van der Waals surface area contributed by atoms with Crippen LogP contribution in [0.5, 0.6) is 0 Å². The number of benzene rings is 1. The summed E-state index contributed by atoms with van der Waals surface area (Å²) < 4.78 is 2.19. The standard InChI is InChI=1S/C29H33N3O.H2O/c1-4-29(33)14-12-22-20-10-9-19-15-24-18(16-27(19,2)21(20)11-13-28(22,29)3)17-32-25-8-6-5-7-23(25)30-26(32)31-24;/h1,5-8,17,19-22,33H,9-16H2,2-3H3;1H2/t19-,20+,21-,22-,27-,28-,29-;/m0./s1. The molecule has 3 saturated carbocycles. The lowest BCUT2D eigenvalue weighted by Gasteiger charge is -2.60. The maximum absolute atomic E-state index is 11.3. The molecule has 2 aromatic heterocycles. The zero-order valence-corrected chi connectivity index (χ0v) is 20.2. The summed E-state index contributed by atoms with van der Waals surface area (Å²) in [6.45, 7) is 4.86. The van der Waals surface area contributed by atoms with E-state index in [1.807, 2.05) is 6.07 Å². The van der Waals surface area contributed by atoms with Crippen LogP contribution in [0, 0.1) is 46.8 Å². The molecule has 2 heterocycles. The topological polar surface area (TPSA) is 81.9 Å². The van der Waals surface area contributed by atoms with Crippen LogP contribution >= 0.6 is 0 Å². The van der Waals surface area contributed by atoms with Gasteiger partial charge in [-0.05, 0) is 98.1 Å². The van der Waals surface area contributed by atoms with Crippen molar-refractivity contribution in [1.29, 1.82) is 0 Å². The molecule has 1 aromatic carbocycles. The molecule has 7 rings (SSSR count). The van der Waals surface area contributed by atoms with Crippen molar-refractivity contribution in [2.24, 2.45) is 34.5 Å². The fourth-order valence-electron chi connectivity index (χ4n) is 9.03. The molecule has 178 valence electrons. The monoisotopic (exact) mass is 457 g/mol. The highest BCUT2D eigenvalue weighted by molar-refractivity contribution is 5.79. The van der Waals surface area contributed by atoms with Crippen LogP contribution in [0.25, 0.3) is 16.8 Å². The molecule has 3 N–H and O–H groups in total. The maximum atomic E-state index is 11.3. The second kappa shape index (κ2) is 7.06. The van der Waals surface area contributed by atoms with Gasteiger partial charge < -0.3 is 10.6 Å². The van der Waals surface area contributed by atoms with Gasteiger partial charge in [-0.2, -0.15) is 0 Å². The SMILES string of the molecule is C#C[C@]1(O)CC[C@H]2[C@@H]3CC[C@H]4Cc5nc6nc7ccccc7n6cc5C[C@]4(C)[C@H]3CC[C@@]21C.O. The summed E-state index contributed by atoms with van der Waals surface area (Å²) >= 11 is 0. The minimum atomic E-state index is -0.919. The molecule has 3 fully saturated rings. The van der Waals surface area contributed by atoms with Crippen molar-refractivity contribution >= 4 is 16.8 Å². The Bertz CT molecular complexity index is 1340. The van der Waals surface area contributed by atoms with Crippen LogP contribution in [-0.4, -0.2) is 30.6 Å². The largest absolute Gasteiger partial charge is 0.412 e. The average molecular weight is 458 g/mol. The highest BCUT2D eigenvalue weighted by Crippen LogP contribution is 2.67. The summed E-state index contributed by atoms with van der Waals surface area (Å²) in [7, 11) is 0. The lowest BCUT2D eigenvalue weighted by molar-refractivity contribution is -0.127. The van der Waals surface area contributed by atoms with Gasteiger partial charge in [0.2, 0.25) is 5.78 Å². The van der Waals surface area contributed by atoms with Crippen LogP contribution in [0.1, 0.15) is 63.6 Å². The van der Waals surface area contributed by atoms with E-state index in [0.29, 0.717) is 29.1 Å². The Morgan fingerprint density at radius 1 is 1.06 bits per heavy atom. The third kappa shape index (κ3) is 2.59. The van der Waals surface area contributed by atoms with Gasteiger partial charge in [-0.25, -0.2) is 9.97 Å². The Morgan fingerprint density at radius 3 is 2.68 bits per heavy atom. The first kappa shape index (κ1) is 22.1. The Kier molecular flexibility index (Phi) is 4.58. The first-order valence-corrected chi connectivity index (χ1v) is 12.8. The van der Waals surface area contributed by atoms with Crippen molar-refractivity contribution in [1.82, 2.24) is 14.4 Å². The molecule has 3 aromatic rings. The van der Waals surface area contributed by atoms with Crippen molar-refractivity contribution in [2.45, 2.75) is 70.8 Å². The normalized spacial score (nSPS) is 40.5. The Labute approximate surface area is 201 Å². The van der Waals surface area contributed by atoms with E-state index in [2.05, 4.69) is 48.6 Å².